The summed E-state index contributed by atoms with van der Waals surface area (Å²) >= 11 is 0. The zero-order valence-electron chi connectivity index (χ0n) is 14.9. The van der Waals surface area contributed by atoms with Crippen molar-refractivity contribution in [2.24, 2.45) is 0 Å². The van der Waals surface area contributed by atoms with Gasteiger partial charge in [0.2, 0.25) is 5.91 Å². The van der Waals surface area contributed by atoms with E-state index in [9.17, 15) is 14.7 Å². The van der Waals surface area contributed by atoms with Gasteiger partial charge in [0.1, 0.15) is 0 Å². The SMILES string of the molecule is CCCC(=O)Nc1cccc(NC(=O)NCC2(O)CCCCCC2)c1. The molecule has 0 aliphatic heterocycles. The molecule has 1 fully saturated rings. The molecule has 1 aromatic carbocycles. The molecule has 1 aromatic rings. The van der Waals surface area contributed by atoms with E-state index in [2.05, 4.69) is 16.0 Å². The van der Waals surface area contributed by atoms with Crippen LogP contribution in [-0.2, 0) is 4.79 Å². The Balaban J connectivity index is 1.84. The van der Waals surface area contributed by atoms with Gasteiger partial charge < -0.3 is 21.1 Å². The molecule has 1 saturated carbocycles. The Morgan fingerprint density at radius 2 is 1.72 bits per heavy atom. The Labute approximate surface area is 149 Å². The molecule has 0 spiro atoms. The van der Waals surface area contributed by atoms with Crippen molar-refractivity contribution < 1.29 is 14.7 Å². The molecule has 3 amide bonds. The fourth-order valence-corrected chi connectivity index (χ4v) is 3.11. The van der Waals surface area contributed by atoms with Crippen molar-refractivity contribution in [1.82, 2.24) is 5.32 Å². The van der Waals surface area contributed by atoms with Gasteiger partial charge in [-0.1, -0.05) is 38.7 Å². The predicted molar refractivity (Wildman–Crippen MR) is 99.7 cm³/mol. The standard InChI is InChI=1S/C19H29N3O3/c1-2-8-17(23)21-15-9-7-10-16(13-15)22-18(24)20-14-19(25)11-5-3-4-6-12-19/h7,9-10,13,25H,2-6,8,11-12,14H2,1H3,(H,21,23)(H2,20,22,24). The van der Waals surface area contributed by atoms with Gasteiger partial charge in [0.25, 0.3) is 0 Å². The lowest BCUT2D eigenvalue weighted by atomic mass is 9.95. The molecular formula is C19H29N3O3. The Hall–Kier alpha value is -2.08. The summed E-state index contributed by atoms with van der Waals surface area (Å²) in [4.78, 5) is 23.7. The lowest BCUT2D eigenvalue weighted by Crippen LogP contribution is -2.44. The highest BCUT2D eigenvalue weighted by molar-refractivity contribution is 5.93. The van der Waals surface area contributed by atoms with Gasteiger partial charge in [0.15, 0.2) is 0 Å². The number of nitrogens with one attached hydrogen (secondary N) is 3. The summed E-state index contributed by atoms with van der Waals surface area (Å²) in [6, 6.07) is 6.68. The lowest BCUT2D eigenvalue weighted by molar-refractivity contribution is -0.116. The molecule has 0 radical (unpaired) electrons. The van der Waals surface area contributed by atoms with Crippen LogP contribution < -0.4 is 16.0 Å². The number of anilines is 2. The molecule has 1 aliphatic rings. The summed E-state index contributed by atoms with van der Waals surface area (Å²) in [6.07, 6.45) is 7.00. The molecule has 0 unspecified atom stereocenters. The number of hydrogen-bond acceptors (Lipinski definition) is 3. The lowest BCUT2D eigenvalue weighted by Gasteiger charge is -2.26. The Morgan fingerprint density at radius 3 is 2.36 bits per heavy atom. The van der Waals surface area contributed by atoms with Crippen molar-refractivity contribution in [3.8, 4) is 0 Å². The molecule has 6 nitrogen and oxygen atoms in total. The second-order valence-electron chi connectivity index (χ2n) is 6.83. The summed E-state index contributed by atoms with van der Waals surface area (Å²) in [7, 11) is 0. The summed E-state index contributed by atoms with van der Waals surface area (Å²) < 4.78 is 0. The topological polar surface area (TPSA) is 90.5 Å². The van der Waals surface area contributed by atoms with Crippen molar-refractivity contribution in [1.29, 1.82) is 0 Å². The van der Waals surface area contributed by atoms with Crippen LogP contribution in [0, 0.1) is 0 Å². The monoisotopic (exact) mass is 347 g/mol. The summed E-state index contributed by atoms with van der Waals surface area (Å²) in [6.45, 7) is 2.20. The van der Waals surface area contributed by atoms with E-state index in [-0.39, 0.29) is 18.5 Å². The molecule has 2 rings (SSSR count). The zero-order chi connectivity index (χ0) is 18.1. The second kappa shape index (κ2) is 9.42. The van der Waals surface area contributed by atoms with Crippen LogP contribution in [0.3, 0.4) is 0 Å². The van der Waals surface area contributed by atoms with Crippen LogP contribution in [0.5, 0.6) is 0 Å². The summed E-state index contributed by atoms with van der Waals surface area (Å²) in [5, 5.41) is 18.9. The molecule has 4 N–H and O–H groups in total. The van der Waals surface area contributed by atoms with Gasteiger partial charge in [-0.15, -0.1) is 0 Å². The number of benzene rings is 1. The second-order valence-corrected chi connectivity index (χ2v) is 6.83. The van der Waals surface area contributed by atoms with Crippen LogP contribution >= 0.6 is 0 Å². The molecule has 1 aliphatic carbocycles. The van der Waals surface area contributed by atoms with Crippen molar-refractivity contribution in [3.63, 3.8) is 0 Å². The van der Waals surface area contributed by atoms with Crippen LogP contribution in [-0.4, -0.2) is 29.2 Å². The fourth-order valence-electron chi connectivity index (χ4n) is 3.11. The first kappa shape index (κ1) is 19.2. The first-order chi connectivity index (χ1) is 12.0. The highest BCUT2D eigenvalue weighted by Gasteiger charge is 2.28. The fraction of sp³-hybridized carbons (Fsp3) is 0.579. The van der Waals surface area contributed by atoms with Gasteiger partial charge in [-0.25, -0.2) is 4.79 Å². The van der Waals surface area contributed by atoms with Crippen LogP contribution in [0.1, 0.15) is 58.3 Å². The number of rotatable bonds is 6. The molecule has 138 valence electrons. The highest BCUT2D eigenvalue weighted by atomic mass is 16.3. The number of carbonyl (C=O) groups excluding carboxylic acids is 2. The first-order valence-electron chi connectivity index (χ1n) is 9.18. The smallest absolute Gasteiger partial charge is 0.319 e. The number of carbonyl (C=O) groups is 2. The number of aliphatic hydroxyl groups is 1. The summed E-state index contributed by atoms with van der Waals surface area (Å²) in [5.74, 6) is -0.0420. The maximum atomic E-state index is 12.1. The van der Waals surface area contributed by atoms with Crippen molar-refractivity contribution in [2.75, 3.05) is 17.2 Å². The molecule has 0 saturated heterocycles. The average Bonchev–Trinajstić information content (AvgIpc) is 2.79. The van der Waals surface area contributed by atoms with E-state index in [0.29, 0.717) is 17.8 Å². The number of amides is 3. The van der Waals surface area contributed by atoms with Gasteiger partial charge in [-0.2, -0.15) is 0 Å². The van der Waals surface area contributed by atoms with E-state index in [1.165, 1.54) is 0 Å². The van der Waals surface area contributed by atoms with E-state index in [1.54, 1.807) is 24.3 Å². The maximum absolute atomic E-state index is 12.1. The third-order valence-corrected chi connectivity index (χ3v) is 4.49. The first-order valence-corrected chi connectivity index (χ1v) is 9.18. The van der Waals surface area contributed by atoms with E-state index in [1.807, 2.05) is 6.92 Å². The van der Waals surface area contributed by atoms with Crippen molar-refractivity contribution in [3.05, 3.63) is 24.3 Å². The van der Waals surface area contributed by atoms with Gasteiger partial charge in [0, 0.05) is 24.3 Å². The Morgan fingerprint density at radius 1 is 1.08 bits per heavy atom. The largest absolute Gasteiger partial charge is 0.388 e. The molecule has 0 heterocycles. The minimum atomic E-state index is -0.802. The molecule has 0 aromatic heterocycles. The maximum Gasteiger partial charge on any atom is 0.319 e. The molecule has 25 heavy (non-hydrogen) atoms. The molecule has 0 bridgehead atoms. The summed E-state index contributed by atoms with van der Waals surface area (Å²) in [5.41, 5.74) is 0.447. The highest BCUT2D eigenvalue weighted by Crippen LogP contribution is 2.26. The van der Waals surface area contributed by atoms with E-state index < -0.39 is 5.60 Å². The third-order valence-electron chi connectivity index (χ3n) is 4.49. The van der Waals surface area contributed by atoms with Crippen LogP contribution in [0.4, 0.5) is 16.2 Å². The molecular weight excluding hydrogens is 318 g/mol. The van der Waals surface area contributed by atoms with Gasteiger partial charge in [-0.05, 0) is 37.5 Å². The predicted octanol–water partition coefficient (Wildman–Crippen LogP) is 3.63. The van der Waals surface area contributed by atoms with Crippen LogP contribution in [0.15, 0.2) is 24.3 Å². The average molecular weight is 347 g/mol. The van der Waals surface area contributed by atoms with Crippen LogP contribution in [0.2, 0.25) is 0 Å². The van der Waals surface area contributed by atoms with Crippen LogP contribution in [0.25, 0.3) is 0 Å². The molecule has 0 atom stereocenters. The quantitative estimate of drug-likeness (QED) is 0.592. The van der Waals surface area contributed by atoms with Crippen molar-refractivity contribution >= 4 is 23.3 Å². The minimum absolute atomic E-state index is 0.0420. The van der Waals surface area contributed by atoms with Gasteiger partial charge in [-0.3, -0.25) is 4.79 Å². The zero-order valence-corrected chi connectivity index (χ0v) is 14.9. The number of urea groups is 1. The molecule has 6 heteroatoms. The Kier molecular flexibility index (Phi) is 7.25. The third kappa shape index (κ3) is 6.74. The minimum Gasteiger partial charge on any atom is -0.388 e. The van der Waals surface area contributed by atoms with E-state index in [0.717, 1.165) is 44.9 Å². The Bertz CT molecular complexity index is 581. The van der Waals surface area contributed by atoms with E-state index >= 15 is 0 Å². The van der Waals surface area contributed by atoms with Gasteiger partial charge >= 0.3 is 6.03 Å². The van der Waals surface area contributed by atoms with Gasteiger partial charge in [0.05, 0.1) is 5.60 Å². The van der Waals surface area contributed by atoms with Crippen molar-refractivity contribution in [2.45, 2.75) is 63.9 Å². The number of hydrogen-bond donors (Lipinski definition) is 4. The normalized spacial score (nSPS) is 16.6. The van der Waals surface area contributed by atoms with E-state index in [4.69, 9.17) is 0 Å².